The number of carbonyl (C=O) groups is 1. The molecule has 18 heteroatoms. The largest absolute Gasteiger partial charge is 0.486 e. The number of hydrogen-bond donors (Lipinski definition) is 2. The van der Waals surface area contributed by atoms with Gasteiger partial charge in [0.15, 0.2) is 11.6 Å². The number of amides is 1. The van der Waals surface area contributed by atoms with E-state index in [4.69, 9.17) is 21.1 Å². The van der Waals surface area contributed by atoms with E-state index in [1.54, 1.807) is 0 Å². The van der Waals surface area contributed by atoms with Gasteiger partial charge < -0.3 is 19.5 Å². The maximum atomic E-state index is 17.2. The summed E-state index contributed by atoms with van der Waals surface area (Å²) in [6, 6.07) is 4.57. The average molecular weight is 748 g/mol. The van der Waals surface area contributed by atoms with Crippen LogP contribution in [0.15, 0.2) is 12.1 Å². The normalized spacial score (nSPS) is 22.9. The molecule has 2 aromatic carbocycles. The Labute approximate surface area is 295 Å². The van der Waals surface area contributed by atoms with Gasteiger partial charge in [0, 0.05) is 23.9 Å². The van der Waals surface area contributed by atoms with E-state index >= 15 is 8.78 Å². The number of ether oxygens (including phenoxy) is 2. The number of benzene rings is 2. The van der Waals surface area contributed by atoms with Crippen molar-refractivity contribution in [2.45, 2.75) is 62.9 Å². The highest BCUT2D eigenvalue weighted by Gasteiger charge is 2.49. The monoisotopic (exact) mass is 747 g/mol. The first kappa shape index (κ1) is 34.7. The van der Waals surface area contributed by atoms with E-state index < -0.39 is 76.7 Å². The third kappa shape index (κ3) is 5.77. The van der Waals surface area contributed by atoms with Gasteiger partial charge in [0.05, 0.1) is 51.3 Å². The molecule has 3 aliphatic heterocycles. The van der Waals surface area contributed by atoms with Crippen molar-refractivity contribution in [2.75, 3.05) is 36.5 Å². The number of nitrogens with zero attached hydrogens (tertiary/aromatic N) is 6. The van der Waals surface area contributed by atoms with Crippen molar-refractivity contribution in [1.29, 1.82) is 10.5 Å². The van der Waals surface area contributed by atoms with Crippen LogP contribution in [0.25, 0.3) is 32.1 Å². The second-order valence-electron chi connectivity index (χ2n) is 12.7. The molecule has 2 unspecified atom stereocenters. The molecule has 11 nitrogen and oxygen atoms in total. The molecular formula is C33H27ClF5N7O4S. The number of alkyl halides is 3. The highest BCUT2D eigenvalue weighted by atomic mass is 35.5. The van der Waals surface area contributed by atoms with E-state index in [2.05, 4.69) is 15.3 Å². The summed E-state index contributed by atoms with van der Waals surface area (Å²) in [6.07, 6.45) is -5.20. The number of thiophene rings is 1. The summed E-state index contributed by atoms with van der Waals surface area (Å²) in [5, 5.41) is 30.2. The SMILES string of the molecule is CC1Oc2c(Cl)c(-c3ccc(F)c4sc(NC(=O)O)c(C#N)c34)c(F)c3nc(OC[C@@]45CCCN4C[C@H](F)C5)nc(c23)N(CC(F)F)C1CC#N. The number of rotatable bonds is 8. The molecule has 4 aromatic rings. The Hall–Kier alpha value is -4.71. The van der Waals surface area contributed by atoms with Gasteiger partial charge in [0.25, 0.3) is 6.43 Å². The van der Waals surface area contributed by atoms with Crippen molar-refractivity contribution >= 4 is 60.8 Å². The molecule has 2 saturated heterocycles. The molecule has 0 spiro atoms. The smallest absolute Gasteiger partial charge is 0.409 e. The molecule has 5 heterocycles. The second-order valence-corrected chi connectivity index (χ2v) is 14.1. The van der Waals surface area contributed by atoms with Gasteiger partial charge in [-0.05, 0) is 37.9 Å². The van der Waals surface area contributed by atoms with E-state index in [1.807, 2.05) is 17.0 Å². The number of carboxylic acid groups (broad SMARTS) is 1. The first-order chi connectivity index (χ1) is 24.4. The summed E-state index contributed by atoms with van der Waals surface area (Å²) in [5.41, 5.74) is -1.95. The van der Waals surface area contributed by atoms with Crippen LogP contribution in [0.3, 0.4) is 0 Å². The Morgan fingerprint density at radius 1 is 1.29 bits per heavy atom. The lowest BCUT2D eigenvalue weighted by molar-refractivity contribution is 0.107. The number of fused-ring (bicyclic) bond motifs is 2. The second kappa shape index (κ2) is 13.1. The van der Waals surface area contributed by atoms with Crippen molar-refractivity contribution in [3.05, 3.63) is 34.4 Å². The summed E-state index contributed by atoms with van der Waals surface area (Å²) < 4.78 is 87.4. The van der Waals surface area contributed by atoms with Gasteiger partial charge in [0.1, 0.15) is 47.1 Å². The van der Waals surface area contributed by atoms with Crippen LogP contribution >= 0.6 is 22.9 Å². The van der Waals surface area contributed by atoms with E-state index in [1.165, 1.54) is 13.0 Å². The zero-order valence-electron chi connectivity index (χ0n) is 26.7. The number of anilines is 2. The van der Waals surface area contributed by atoms with Crippen molar-refractivity contribution in [1.82, 2.24) is 14.9 Å². The average Bonchev–Trinajstić information content (AvgIpc) is 3.71. The minimum Gasteiger partial charge on any atom is -0.486 e. The first-order valence-corrected chi connectivity index (χ1v) is 17.0. The van der Waals surface area contributed by atoms with Crippen LogP contribution in [0.1, 0.15) is 38.2 Å². The Balaban J connectivity index is 1.49. The fraction of sp³-hybridized carbons (Fsp3) is 0.424. The Bertz CT molecular complexity index is 2180. The number of nitrogens with one attached hydrogen (secondary N) is 1. The summed E-state index contributed by atoms with van der Waals surface area (Å²) in [5.74, 6) is -2.40. The highest BCUT2D eigenvalue weighted by Crippen LogP contribution is 2.52. The van der Waals surface area contributed by atoms with Crippen LogP contribution in [0.2, 0.25) is 5.02 Å². The molecule has 1 amide bonds. The standard InChI is InChI=1S/C33H27ClF5N7O4S/c1-14-19(5-7-40)46(12-20(37)38)29-23-26(42-31(43-29)49-13-33-6-2-8-45(33)11-15(35)9-33)25(39)22(24(34)27(23)50-14)16-3-4-18(36)28-21(16)17(10-41)30(51-28)44-32(47)48/h3-4,14-15,19-20,44H,2,5-6,8-9,11-13H2,1H3,(H,47,48)/t14?,15-,19?,33+/m1/s1. The van der Waals surface area contributed by atoms with Gasteiger partial charge in [-0.1, -0.05) is 17.7 Å². The molecule has 2 N–H and O–H groups in total. The molecule has 7 rings (SSSR count). The predicted molar refractivity (Wildman–Crippen MR) is 178 cm³/mol. The maximum absolute atomic E-state index is 17.2. The van der Waals surface area contributed by atoms with Crippen molar-refractivity contribution in [2.24, 2.45) is 0 Å². The molecule has 0 bridgehead atoms. The number of aromatic nitrogens is 2. The number of hydrogen-bond acceptors (Lipinski definition) is 10. The molecule has 2 aromatic heterocycles. The third-order valence-electron chi connectivity index (χ3n) is 9.72. The zero-order chi connectivity index (χ0) is 36.4. The summed E-state index contributed by atoms with van der Waals surface area (Å²) in [7, 11) is 0. The molecular weight excluding hydrogens is 721 g/mol. The molecule has 3 aliphatic rings. The van der Waals surface area contributed by atoms with Gasteiger partial charge in [-0.2, -0.15) is 20.5 Å². The minimum atomic E-state index is -2.93. The molecule has 4 atom stereocenters. The Morgan fingerprint density at radius 3 is 2.78 bits per heavy atom. The van der Waals surface area contributed by atoms with Crippen LogP contribution in [-0.4, -0.2) is 82.6 Å². The summed E-state index contributed by atoms with van der Waals surface area (Å²) >= 11 is 7.55. The Morgan fingerprint density at radius 2 is 2.08 bits per heavy atom. The lowest BCUT2D eigenvalue weighted by Crippen LogP contribution is -2.46. The van der Waals surface area contributed by atoms with Crippen molar-refractivity contribution < 1.29 is 41.3 Å². The zero-order valence-corrected chi connectivity index (χ0v) is 28.2. The van der Waals surface area contributed by atoms with E-state index in [-0.39, 0.29) is 69.2 Å². The fourth-order valence-corrected chi connectivity index (χ4v) is 8.98. The van der Waals surface area contributed by atoms with Crippen LogP contribution in [0.5, 0.6) is 11.8 Å². The van der Waals surface area contributed by atoms with Gasteiger partial charge in [-0.25, -0.2) is 26.7 Å². The van der Waals surface area contributed by atoms with Gasteiger partial charge in [-0.3, -0.25) is 10.2 Å². The lowest BCUT2D eigenvalue weighted by atomic mass is 9.95. The number of nitriles is 2. The van der Waals surface area contributed by atoms with Gasteiger partial charge in [-0.15, -0.1) is 11.3 Å². The molecule has 266 valence electrons. The van der Waals surface area contributed by atoms with Gasteiger partial charge in [0.2, 0.25) is 0 Å². The summed E-state index contributed by atoms with van der Waals surface area (Å²) in [4.78, 5) is 23.4. The third-order valence-corrected chi connectivity index (χ3v) is 11.2. The molecule has 51 heavy (non-hydrogen) atoms. The first-order valence-electron chi connectivity index (χ1n) is 15.9. The minimum absolute atomic E-state index is 0.0744. The maximum Gasteiger partial charge on any atom is 0.409 e. The van der Waals surface area contributed by atoms with Crippen LogP contribution in [0, 0.1) is 34.3 Å². The van der Waals surface area contributed by atoms with Crippen LogP contribution < -0.4 is 19.7 Å². The lowest BCUT2D eigenvalue weighted by Gasteiger charge is -2.33. The highest BCUT2D eigenvalue weighted by molar-refractivity contribution is 7.23. The molecule has 0 radical (unpaired) electrons. The van der Waals surface area contributed by atoms with E-state index in [9.17, 15) is 33.6 Å². The van der Waals surface area contributed by atoms with E-state index in [0.29, 0.717) is 24.3 Å². The predicted octanol–water partition coefficient (Wildman–Crippen LogP) is 7.49. The summed E-state index contributed by atoms with van der Waals surface area (Å²) in [6.45, 7) is 1.41. The van der Waals surface area contributed by atoms with Crippen LogP contribution in [-0.2, 0) is 0 Å². The van der Waals surface area contributed by atoms with Crippen LogP contribution in [0.4, 0.5) is 37.6 Å². The quantitative estimate of drug-likeness (QED) is 0.174. The van der Waals surface area contributed by atoms with Crippen molar-refractivity contribution in [3.63, 3.8) is 0 Å². The van der Waals surface area contributed by atoms with E-state index in [0.717, 1.165) is 17.4 Å². The number of halogens is 6. The fourth-order valence-electron chi connectivity index (χ4n) is 7.59. The molecule has 2 fully saturated rings. The topological polar surface area (TPSA) is 148 Å². The molecule has 0 saturated carbocycles. The Kier molecular flexibility index (Phi) is 8.93. The van der Waals surface area contributed by atoms with Gasteiger partial charge >= 0.3 is 12.1 Å². The molecule has 0 aliphatic carbocycles. The van der Waals surface area contributed by atoms with Crippen molar-refractivity contribution in [3.8, 4) is 35.0 Å².